The van der Waals surface area contributed by atoms with E-state index in [4.69, 9.17) is 4.74 Å². The van der Waals surface area contributed by atoms with Crippen LogP contribution in [0.2, 0.25) is 0 Å². The molecule has 0 saturated carbocycles. The maximum atomic E-state index is 11.5. The lowest BCUT2D eigenvalue weighted by Crippen LogP contribution is -2.45. The van der Waals surface area contributed by atoms with Gasteiger partial charge in [-0.15, -0.1) is 0 Å². The van der Waals surface area contributed by atoms with E-state index in [1.165, 1.54) is 0 Å². The molecule has 0 atom stereocenters. The summed E-state index contributed by atoms with van der Waals surface area (Å²) in [7, 11) is 0. The molecule has 1 aliphatic heterocycles. The van der Waals surface area contributed by atoms with Crippen LogP contribution in [-0.4, -0.2) is 25.7 Å². The number of anilines is 2. The summed E-state index contributed by atoms with van der Waals surface area (Å²) >= 11 is 0. The van der Waals surface area contributed by atoms with E-state index in [-0.39, 0.29) is 11.3 Å². The first-order valence-corrected chi connectivity index (χ1v) is 6.75. The Kier molecular flexibility index (Phi) is 4.10. The minimum atomic E-state index is 0.0413. The Hall–Kier alpha value is -1.55. The number of ether oxygens (including phenoxy) is 1. The monoisotopic (exact) mass is 262 g/mol. The average molecular weight is 262 g/mol. The lowest BCUT2D eigenvalue weighted by molar-refractivity contribution is -0.115. The molecule has 4 nitrogen and oxygen atoms in total. The van der Waals surface area contributed by atoms with Crippen molar-refractivity contribution in [2.45, 2.75) is 27.2 Å². The second-order valence-corrected chi connectivity index (χ2v) is 5.54. The van der Waals surface area contributed by atoms with E-state index in [9.17, 15) is 4.79 Å². The number of hydrogen-bond acceptors (Lipinski definition) is 3. The molecule has 2 rings (SSSR count). The summed E-state index contributed by atoms with van der Waals surface area (Å²) in [5.41, 5.74) is 3.26. The summed E-state index contributed by atoms with van der Waals surface area (Å²) < 4.78 is 5.25. The Balaban J connectivity index is 2.04. The molecule has 0 radical (unpaired) electrons. The van der Waals surface area contributed by atoms with Crippen LogP contribution in [0.1, 0.15) is 25.8 Å². The quantitative estimate of drug-likeness (QED) is 0.858. The molecular weight excluding hydrogens is 240 g/mol. The minimum absolute atomic E-state index is 0.0413. The molecule has 4 heteroatoms. The van der Waals surface area contributed by atoms with E-state index in [0.29, 0.717) is 6.42 Å². The molecular formula is C15H22N2O2. The van der Waals surface area contributed by atoms with Gasteiger partial charge in [0.05, 0.1) is 13.2 Å². The van der Waals surface area contributed by atoms with Gasteiger partial charge < -0.3 is 15.4 Å². The fourth-order valence-corrected chi connectivity index (χ4v) is 2.06. The summed E-state index contributed by atoms with van der Waals surface area (Å²) in [6, 6.07) is 5.93. The highest BCUT2D eigenvalue weighted by Crippen LogP contribution is 2.29. The van der Waals surface area contributed by atoms with Crippen LogP contribution in [0.4, 0.5) is 11.4 Å². The van der Waals surface area contributed by atoms with Crippen molar-refractivity contribution < 1.29 is 9.53 Å². The third kappa shape index (κ3) is 3.26. The average Bonchev–Trinajstić information content (AvgIpc) is 2.37. The largest absolute Gasteiger partial charge is 0.384 e. The highest BCUT2D eigenvalue weighted by atomic mass is 16.5. The molecule has 1 aromatic carbocycles. The van der Waals surface area contributed by atoms with E-state index in [0.717, 1.165) is 36.7 Å². The number of nitrogens with one attached hydrogen (secondary N) is 2. The van der Waals surface area contributed by atoms with Crippen LogP contribution < -0.4 is 10.6 Å². The second kappa shape index (κ2) is 5.61. The van der Waals surface area contributed by atoms with E-state index in [1.54, 1.807) is 0 Å². The molecule has 0 aromatic heterocycles. The summed E-state index contributed by atoms with van der Waals surface area (Å²) in [4.78, 5) is 11.5. The molecule has 1 heterocycles. The summed E-state index contributed by atoms with van der Waals surface area (Å²) in [6.45, 7) is 8.59. The maximum Gasteiger partial charge on any atom is 0.224 e. The maximum absolute atomic E-state index is 11.5. The fourth-order valence-electron chi connectivity index (χ4n) is 2.06. The molecule has 1 saturated heterocycles. The lowest BCUT2D eigenvalue weighted by atomic mass is 9.88. The summed E-state index contributed by atoms with van der Waals surface area (Å²) in [6.07, 6.45) is 0.493. The Labute approximate surface area is 114 Å². The molecule has 1 fully saturated rings. The van der Waals surface area contributed by atoms with E-state index >= 15 is 0 Å². The number of hydrogen-bond donors (Lipinski definition) is 2. The molecule has 1 aliphatic rings. The van der Waals surface area contributed by atoms with E-state index in [2.05, 4.69) is 17.6 Å². The lowest BCUT2D eigenvalue weighted by Gasteiger charge is -2.38. The van der Waals surface area contributed by atoms with Gasteiger partial charge in [0.1, 0.15) is 0 Å². The SMILES string of the molecule is CCC(=O)Nc1cccc(NCC2(C)COC2)c1C. The molecule has 2 N–H and O–H groups in total. The smallest absolute Gasteiger partial charge is 0.224 e. The zero-order chi connectivity index (χ0) is 13.9. The van der Waals surface area contributed by atoms with Crippen molar-refractivity contribution in [2.75, 3.05) is 30.4 Å². The van der Waals surface area contributed by atoms with Crippen LogP contribution in [0.3, 0.4) is 0 Å². The zero-order valence-corrected chi connectivity index (χ0v) is 11.9. The molecule has 0 aliphatic carbocycles. The van der Waals surface area contributed by atoms with Gasteiger partial charge in [-0.05, 0) is 24.6 Å². The van der Waals surface area contributed by atoms with Crippen molar-refractivity contribution in [3.8, 4) is 0 Å². The number of carbonyl (C=O) groups excluding carboxylic acids is 1. The van der Waals surface area contributed by atoms with Gasteiger partial charge in [-0.25, -0.2) is 0 Å². The first-order chi connectivity index (χ1) is 9.04. The molecule has 0 bridgehead atoms. The van der Waals surface area contributed by atoms with Crippen LogP contribution in [-0.2, 0) is 9.53 Å². The molecule has 1 amide bonds. The highest BCUT2D eigenvalue weighted by Gasteiger charge is 2.33. The predicted molar refractivity (Wildman–Crippen MR) is 77.5 cm³/mol. The van der Waals surface area contributed by atoms with Crippen LogP contribution in [0.15, 0.2) is 18.2 Å². The van der Waals surface area contributed by atoms with Crippen LogP contribution >= 0.6 is 0 Å². The fraction of sp³-hybridized carbons (Fsp3) is 0.533. The van der Waals surface area contributed by atoms with Gasteiger partial charge in [0.25, 0.3) is 0 Å². The molecule has 1 aromatic rings. The minimum Gasteiger partial charge on any atom is -0.384 e. The van der Waals surface area contributed by atoms with Gasteiger partial charge in [-0.3, -0.25) is 4.79 Å². The van der Waals surface area contributed by atoms with Gasteiger partial charge in [-0.2, -0.15) is 0 Å². The zero-order valence-electron chi connectivity index (χ0n) is 11.9. The normalized spacial score (nSPS) is 16.6. The van der Waals surface area contributed by atoms with Gasteiger partial charge in [0, 0.05) is 29.8 Å². The van der Waals surface area contributed by atoms with Crippen molar-refractivity contribution >= 4 is 17.3 Å². The van der Waals surface area contributed by atoms with E-state index < -0.39 is 0 Å². The third-order valence-electron chi connectivity index (χ3n) is 3.54. The summed E-state index contributed by atoms with van der Waals surface area (Å²) in [5, 5.41) is 6.38. The first kappa shape index (κ1) is 13.9. The predicted octanol–water partition coefficient (Wildman–Crippen LogP) is 2.79. The van der Waals surface area contributed by atoms with Crippen LogP contribution in [0, 0.1) is 12.3 Å². The Morgan fingerprint density at radius 2 is 2.05 bits per heavy atom. The Bertz CT molecular complexity index is 467. The Morgan fingerprint density at radius 1 is 1.37 bits per heavy atom. The van der Waals surface area contributed by atoms with E-state index in [1.807, 2.05) is 32.0 Å². The van der Waals surface area contributed by atoms with Gasteiger partial charge in [0.2, 0.25) is 5.91 Å². The molecule has 0 spiro atoms. The first-order valence-electron chi connectivity index (χ1n) is 6.75. The highest BCUT2D eigenvalue weighted by molar-refractivity contribution is 5.92. The second-order valence-electron chi connectivity index (χ2n) is 5.54. The Morgan fingerprint density at radius 3 is 2.63 bits per heavy atom. The van der Waals surface area contributed by atoms with Gasteiger partial charge in [-0.1, -0.05) is 19.9 Å². The topological polar surface area (TPSA) is 50.4 Å². The van der Waals surface area contributed by atoms with Crippen LogP contribution in [0.5, 0.6) is 0 Å². The molecule has 19 heavy (non-hydrogen) atoms. The van der Waals surface area contributed by atoms with Gasteiger partial charge >= 0.3 is 0 Å². The van der Waals surface area contributed by atoms with Crippen molar-refractivity contribution in [2.24, 2.45) is 5.41 Å². The number of carbonyl (C=O) groups is 1. The van der Waals surface area contributed by atoms with Gasteiger partial charge in [0.15, 0.2) is 0 Å². The third-order valence-corrected chi connectivity index (χ3v) is 3.54. The number of benzene rings is 1. The van der Waals surface area contributed by atoms with Crippen LogP contribution in [0.25, 0.3) is 0 Å². The van der Waals surface area contributed by atoms with Crippen molar-refractivity contribution in [1.82, 2.24) is 0 Å². The molecule has 104 valence electrons. The molecule has 0 unspecified atom stereocenters. The van der Waals surface area contributed by atoms with Crippen molar-refractivity contribution in [1.29, 1.82) is 0 Å². The summed E-state index contributed by atoms with van der Waals surface area (Å²) in [5.74, 6) is 0.0413. The standard InChI is InChI=1S/C15H22N2O2/c1-4-14(18)17-13-7-5-6-12(11(13)2)16-8-15(3)9-19-10-15/h5-7,16H,4,8-10H2,1-3H3,(H,17,18). The van der Waals surface area contributed by atoms with Crippen molar-refractivity contribution in [3.05, 3.63) is 23.8 Å². The number of rotatable bonds is 5. The number of amides is 1. The van der Waals surface area contributed by atoms with Crippen molar-refractivity contribution in [3.63, 3.8) is 0 Å².